The highest BCUT2D eigenvalue weighted by Crippen LogP contribution is 2.33. The van der Waals surface area contributed by atoms with Crippen LogP contribution in [0.2, 0.25) is 0 Å². The van der Waals surface area contributed by atoms with Crippen molar-refractivity contribution in [3.63, 3.8) is 0 Å². The number of hydrogen-bond donors (Lipinski definition) is 1. The second kappa shape index (κ2) is 12.3. The maximum Gasteiger partial charge on any atom is 0.357 e. The summed E-state index contributed by atoms with van der Waals surface area (Å²) in [4.78, 5) is 38.3. The fourth-order valence-corrected chi connectivity index (χ4v) is 6.98. The Morgan fingerprint density at radius 1 is 1.00 bits per heavy atom. The number of amides is 1. The molecule has 1 amide bonds. The highest BCUT2D eigenvalue weighted by Gasteiger charge is 2.27. The summed E-state index contributed by atoms with van der Waals surface area (Å²) in [6, 6.07) is 21.6. The van der Waals surface area contributed by atoms with Crippen molar-refractivity contribution in [3.8, 4) is 5.75 Å². The summed E-state index contributed by atoms with van der Waals surface area (Å²) in [5.74, 6) is 0.199. The van der Waals surface area contributed by atoms with Gasteiger partial charge < -0.3 is 14.4 Å². The molecule has 0 bridgehead atoms. The Labute approximate surface area is 252 Å². The van der Waals surface area contributed by atoms with Crippen molar-refractivity contribution in [1.82, 2.24) is 9.97 Å². The van der Waals surface area contributed by atoms with E-state index in [4.69, 9.17) is 14.5 Å². The summed E-state index contributed by atoms with van der Waals surface area (Å²) in [5, 5.41) is 4.32. The molecule has 0 atom stereocenters. The van der Waals surface area contributed by atoms with Gasteiger partial charge in [-0.2, -0.15) is 0 Å². The first-order valence-corrected chi connectivity index (χ1v) is 15.4. The fourth-order valence-electron chi connectivity index (χ4n) is 5.00. The third-order valence-corrected chi connectivity index (χ3v) is 9.33. The van der Waals surface area contributed by atoms with Crippen molar-refractivity contribution in [2.75, 3.05) is 30.5 Å². The van der Waals surface area contributed by atoms with Gasteiger partial charge in [-0.15, -0.1) is 11.3 Å². The Bertz CT molecular complexity index is 1710. The number of hydrogen-bond acceptors (Lipinski definition) is 9. The number of aromatic nitrogens is 2. The van der Waals surface area contributed by atoms with Crippen molar-refractivity contribution in [1.29, 1.82) is 0 Å². The van der Waals surface area contributed by atoms with Crippen molar-refractivity contribution in [2.45, 2.75) is 32.7 Å². The summed E-state index contributed by atoms with van der Waals surface area (Å²) in [6.07, 6.45) is 2.15. The average molecular weight is 599 g/mol. The molecule has 1 N–H and O–H groups in total. The molecule has 0 saturated carbocycles. The molecule has 6 rings (SSSR count). The van der Waals surface area contributed by atoms with Crippen LogP contribution in [0.4, 0.5) is 10.3 Å². The summed E-state index contributed by atoms with van der Waals surface area (Å²) in [7, 11) is 1.37. The Morgan fingerprint density at radius 2 is 1.83 bits per heavy atom. The van der Waals surface area contributed by atoms with Crippen LogP contribution in [0.25, 0.3) is 10.2 Å². The Hall–Kier alpha value is -4.28. The number of para-hydroxylation sites is 1. The van der Waals surface area contributed by atoms with Crippen LogP contribution in [-0.2, 0) is 24.1 Å². The number of esters is 1. The molecule has 0 aliphatic carbocycles. The van der Waals surface area contributed by atoms with Gasteiger partial charge in [0.2, 0.25) is 0 Å². The zero-order chi connectivity index (χ0) is 29.1. The van der Waals surface area contributed by atoms with Crippen LogP contribution >= 0.6 is 22.7 Å². The molecule has 3 aromatic carbocycles. The molecule has 42 heavy (non-hydrogen) atoms. The summed E-state index contributed by atoms with van der Waals surface area (Å²) in [5.41, 5.74) is 5.12. The molecule has 8 nitrogen and oxygen atoms in total. The van der Waals surface area contributed by atoms with E-state index in [0.717, 1.165) is 56.5 Å². The van der Waals surface area contributed by atoms with Gasteiger partial charge in [0, 0.05) is 23.5 Å². The predicted molar refractivity (Wildman–Crippen MR) is 167 cm³/mol. The number of carbonyl (C=O) groups excluding carboxylic acids is 2. The second-order valence-electron chi connectivity index (χ2n) is 10.1. The van der Waals surface area contributed by atoms with E-state index >= 15 is 0 Å². The number of nitrogens with zero attached hydrogens (tertiary/aromatic N) is 3. The van der Waals surface area contributed by atoms with Crippen LogP contribution in [0.5, 0.6) is 5.75 Å². The van der Waals surface area contributed by atoms with Crippen LogP contribution in [0, 0.1) is 6.92 Å². The summed E-state index contributed by atoms with van der Waals surface area (Å²) in [6.45, 7) is 3.82. The van der Waals surface area contributed by atoms with E-state index in [1.165, 1.54) is 35.3 Å². The minimum Gasteiger partial charge on any atom is -0.494 e. The molecule has 0 saturated heterocycles. The van der Waals surface area contributed by atoms with Crippen LogP contribution in [-0.4, -0.2) is 42.1 Å². The van der Waals surface area contributed by atoms with Gasteiger partial charge in [0.25, 0.3) is 5.91 Å². The molecule has 214 valence electrons. The zero-order valence-electron chi connectivity index (χ0n) is 23.4. The largest absolute Gasteiger partial charge is 0.494 e. The van der Waals surface area contributed by atoms with Crippen LogP contribution < -0.4 is 15.0 Å². The highest BCUT2D eigenvalue weighted by atomic mass is 32.1. The molecule has 2 aromatic heterocycles. The van der Waals surface area contributed by atoms with E-state index in [1.54, 1.807) is 0 Å². The molecule has 0 fully saturated rings. The lowest BCUT2D eigenvalue weighted by Crippen LogP contribution is -2.32. The number of methoxy groups -OCH3 is 1. The quantitative estimate of drug-likeness (QED) is 0.150. The van der Waals surface area contributed by atoms with E-state index < -0.39 is 5.97 Å². The summed E-state index contributed by atoms with van der Waals surface area (Å²) >= 11 is 2.96. The first kappa shape index (κ1) is 27.9. The lowest BCUT2D eigenvalue weighted by molar-refractivity contribution is 0.0593. The van der Waals surface area contributed by atoms with Gasteiger partial charge in [0.15, 0.2) is 16.0 Å². The first-order chi connectivity index (χ1) is 20.5. The number of fused-ring (bicyclic) bond motifs is 2. The SMILES string of the molecule is COC(=O)c1nc(N2CCc3cccc(C(=O)Nc4nc5ccccc5s4)c3C2)sc1CCCOc1ccc(C)cc1. The minimum absolute atomic E-state index is 0.184. The maximum atomic E-state index is 13.4. The maximum absolute atomic E-state index is 13.4. The van der Waals surface area contributed by atoms with E-state index in [2.05, 4.69) is 21.3 Å². The Morgan fingerprint density at radius 3 is 2.64 bits per heavy atom. The number of ether oxygens (including phenoxy) is 2. The molecular formula is C32H30N4O4S2. The van der Waals surface area contributed by atoms with Gasteiger partial charge in [0.1, 0.15) is 5.75 Å². The number of benzene rings is 3. The van der Waals surface area contributed by atoms with Crippen molar-refractivity contribution in [3.05, 3.63) is 99.6 Å². The van der Waals surface area contributed by atoms with E-state index in [1.807, 2.05) is 67.6 Å². The fraction of sp³-hybridized carbons (Fsp3) is 0.250. The zero-order valence-corrected chi connectivity index (χ0v) is 25.0. The van der Waals surface area contributed by atoms with Crippen LogP contribution in [0.15, 0.2) is 66.7 Å². The number of thiazole rings is 2. The average Bonchev–Trinajstić information content (AvgIpc) is 3.63. The van der Waals surface area contributed by atoms with Crippen molar-refractivity contribution < 1.29 is 19.1 Å². The molecule has 0 spiro atoms. The molecule has 1 aliphatic heterocycles. The normalized spacial score (nSPS) is 12.7. The molecule has 0 unspecified atom stereocenters. The smallest absolute Gasteiger partial charge is 0.357 e. The Kier molecular flexibility index (Phi) is 8.16. The van der Waals surface area contributed by atoms with Gasteiger partial charge in [-0.3, -0.25) is 10.1 Å². The van der Waals surface area contributed by atoms with Gasteiger partial charge in [-0.05, 0) is 67.6 Å². The lowest BCUT2D eigenvalue weighted by atomic mass is 9.94. The van der Waals surface area contributed by atoms with E-state index in [-0.39, 0.29) is 5.91 Å². The number of rotatable bonds is 9. The highest BCUT2D eigenvalue weighted by molar-refractivity contribution is 7.22. The third kappa shape index (κ3) is 6.00. The molecule has 10 heteroatoms. The topological polar surface area (TPSA) is 93.7 Å². The number of nitrogens with one attached hydrogen (secondary N) is 1. The van der Waals surface area contributed by atoms with E-state index in [9.17, 15) is 9.59 Å². The monoisotopic (exact) mass is 598 g/mol. The molecular weight excluding hydrogens is 569 g/mol. The van der Waals surface area contributed by atoms with Crippen molar-refractivity contribution in [2.24, 2.45) is 0 Å². The Balaban J connectivity index is 1.17. The van der Waals surface area contributed by atoms with Gasteiger partial charge in [0.05, 0.1) is 23.9 Å². The second-order valence-corrected chi connectivity index (χ2v) is 12.2. The number of carbonyl (C=O) groups is 2. The molecule has 0 radical (unpaired) electrons. The van der Waals surface area contributed by atoms with Gasteiger partial charge >= 0.3 is 5.97 Å². The minimum atomic E-state index is -0.444. The first-order valence-electron chi connectivity index (χ1n) is 13.8. The number of aryl methyl sites for hydroxylation is 2. The van der Waals surface area contributed by atoms with E-state index in [0.29, 0.717) is 36.0 Å². The molecule has 5 aromatic rings. The summed E-state index contributed by atoms with van der Waals surface area (Å²) < 4.78 is 12.0. The third-order valence-electron chi connectivity index (χ3n) is 7.21. The predicted octanol–water partition coefficient (Wildman–Crippen LogP) is 6.67. The van der Waals surface area contributed by atoms with Crippen molar-refractivity contribution >= 4 is 55.0 Å². The molecule has 3 heterocycles. The van der Waals surface area contributed by atoms with Gasteiger partial charge in [-0.1, -0.05) is 53.3 Å². The van der Waals surface area contributed by atoms with Gasteiger partial charge in [-0.25, -0.2) is 14.8 Å². The standard InChI is InChI=1S/C32H30N4O4S2/c1-20-12-14-22(15-13-20)40-18-6-11-27-28(30(38)39-2)34-32(42-27)36-17-16-21-7-5-8-23(24(21)19-36)29(37)35-31-33-25-9-3-4-10-26(25)41-31/h3-5,7-10,12-15H,6,11,16-19H2,1-2H3,(H,33,35,37). The van der Waals surface area contributed by atoms with Crippen LogP contribution in [0.1, 0.15) is 48.8 Å². The number of anilines is 2. The molecule has 1 aliphatic rings. The lowest BCUT2D eigenvalue weighted by Gasteiger charge is -2.29. The van der Waals surface area contributed by atoms with Crippen LogP contribution in [0.3, 0.4) is 0 Å².